The maximum absolute atomic E-state index is 12.2. The lowest BCUT2D eigenvalue weighted by atomic mass is 10.1. The van der Waals surface area contributed by atoms with Crippen LogP contribution in [0.3, 0.4) is 0 Å². The highest BCUT2D eigenvalue weighted by molar-refractivity contribution is 6.33. The summed E-state index contributed by atoms with van der Waals surface area (Å²) in [6.07, 6.45) is 4.62. The van der Waals surface area contributed by atoms with Gasteiger partial charge in [-0.2, -0.15) is 0 Å². The molecule has 5 nitrogen and oxygen atoms in total. The van der Waals surface area contributed by atoms with Gasteiger partial charge in [-0.3, -0.25) is 14.9 Å². The Morgan fingerprint density at radius 2 is 2.17 bits per heavy atom. The number of benzene rings is 1. The van der Waals surface area contributed by atoms with Crippen molar-refractivity contribution in [3.63, 3.8) is 0 Å². The van der Waals surface area contributed by atoms with Gasteiger partial charge >= 0.3 is 5.69 Å². The van der Waals surface area contributed by atoms with E-state index < -0.39 is 4.92 Å². The van der Waals surface area contributed by atoms with Gasteiger partial charge in [0.05, 0.1) is 4.92 Å². The Balaban J connectivity index is 2.38. The lowest BCUT2D eigenvalue weighted by Crippen LogP contribution is -2.34. The molecule has 0 spiro atoms. The minimum atomic E-state index is -0.616. The summed E-state index contributed by atoms with van der Waals surface area (Å²) in [6.45, 7) is 1.04. The third-order valence-electron chi connectivity index (χ3n) is 2.75. The number of nitro groups is 1. The number of carbonyl (C=O) groups excluding carboxylic acids is 1. The number of rotatable bonds is 2. The fourth-order valence-corrected chi connectivity index (χ4v) is 2.11. The van der Waals surface area contributed by atoms with Crippen molar-refractivity contribution in [2.45, 2.75) is 6.42 Å². The molecule has 1 aromatic carbocycles. The predicted molar refractivity (Wildman–Crippen MR) is 67.8 cm³/mol. The molecule has 1 amide bonds. The van der Waals surface area contributed by atoms with Crippen LogP contribution in [0.5, 0.6) is 0 Å². The molecular weight excluding hydrogens is 256 g/mol. The van der Waals surface area contributed by atoms with E-state index in [1.54, 1.807) is 11.0 Å². The van der Waals surface area contributed by atoms with Gasteiger partial charge in [0.2, 0.25) is 0 Å². The summed E-state index contributed by atoms with van der Waals surface area (Å²) < 4.78 is 0. The molecule has 0 bridgehead atoms. The molecule has 0 unspecified atom stereocenters. The summed E-state index contributed by atoms with van der Waals surface area (Å²) in [7, 11) is 0. The van der Waals surface area contributed by atoms with E-state index >= 15 is 0 Å². The molecule has 0 fully saturated rings. The molecule has 0 N–H and O–H groups in total. The van der Waals surface area contributed by atoms with Gasteiger partial charge < -0.3 is 4.90 Å². The van der Waals surface area contributed by atoms with Gasteiger partial charge in [0.15, 0.2) is 0 Å². The van der Waals surface area contributed by atoms with Gasteiger partial charge in [-0.25, -0.2) is 0 Å². The van der Waals surface area contributed by atoms with Crippen LogP contribution in [0.25, 0.3) is 0 Å². The van der Waals surface area contributed by atoms with Gasteiger partial charge in [0, 0.05) is 13.1 Å². The van der Waals surface area contributed by atoms with Gasteiger partial charge in [-0.15, -0.1) is 0 Å². The normalized spacial score (nSPS) is 14.6. The molecule has 6 heteroatoms. The summed E-state index contributed by atoms with van der Waals surface area (Å²) in [5, 5.41) is 11.0. The number of para-hydroxylation sites is 1. The van der Waals surface area contributed by atoms with E-state index in [1.807, 2.05) is 12.2 Å². The van der Waals surface area contributed by atoms with Gasteiger partial charge in [-0.05, 0) is 18.6 Å². The van der Waals surface area contributed by atoms with Crippen LogP contribution in [-0.2, 0) is 0 Å². The van der Waals surface area contributed by atoms with Crippen LogP contribution in [-0.4, -0.2) is 28.8 Å². The van der Waals surface area contributed by atoms with Gasteiger partial charge in [0.1, 0.15) is 10.6 Å². The van der Waals surface area contributed by atoms with E-state index in [0.29, 0.717) is 13.1 Å². The number of nitrogens with zero attached hydrogens (tertiary/aromatic N) is 2. The Bertz CT molecular complexity index is 528. The molecule has 1 aromatic rings. The Kier molecular flexibility index (Phi) is 3.62. The molecule has 0 aliphatic carbocycles. The molecule has 0 radical (unpaired) electrons. The quantitative estimate of drug-likeness (QED) is 0.470. The standard InChI is InChI=1S/C12H11ClN2O3/c13-10-6-4-5-9(11(10)15(17)18)12(16)14-7-2-1-3-8-14/h1-2,4-6H,3,7-8H2. The first-order valence-electron chi connectivity index (χ1n) is 5.48. The van der Waals surface area contributed by atoms with Crippen LogP contribution < -0.4 is 0 Å². The van der Waals surface area contributed by atoms with Crippen molar-refractivity contribution in [3.8, 4) is 0 Å². The van der Waals surface area contributed by atoms with E-state index in [0.717, 1.165) is 6.42 Å². The first kappa shape index (κ1) is 12.6. The van der Waals surface area contributed by atoms with Crippen LogP contribution in [0.2, 0.25) is 5.02 Å². The third kappa shape index (κ3) is 2.36. The Morgan fingerprint density at radius 3 is 2.78 bits per heavy atom. The molecule has 1 aliphatic heterocycles. The Labute approximate surface area is 109 Å². The molecule has 0 aromatic heterocycles. The third-order valence-corrected chi connectivity index (χ3v) is 3.05. The second-order valence-electron chi connectivity index (χ2n) is 3.90. The molecule has 0 atom stereocenters. The molecule has 1 heterocycles. The first-order chi connectivity index (χ1) is 8.61. The van der Waals surface area contributed by atoms with E-state index in [2.05, 4.69) is 0 Å². The van der Waals surface area contributed by atoms with E-state index in [9.17, 15) is 14.9 Å². The zero-order valence-corrected chi connectivity index (χ0v) is 10.3. The topological polar surface area (TPSA) is 63.4 Å². The Morgan fingerprint density at radius 1 is 1.39 bits per heavy atom. The number of hydrogen-bond acceptors (Lipinski definition) is 3. The maximum atomic E-state index is 12.2. The smallest absolute Gasteiger partial charge is 0.300 e. The van der Waals surface area contributed by atoms with Crippen molar-refractivity contribution >= 4 is 23.2 Å². The molecular formula is C12H11ClN2O3. The zero-order valence-electron chi connectivity index (χ0n) is 9.51. The fraction of sp³-hybridized carbons (Fsp3) is 0.250. The summed E-state index contributed by atoms with van der Waals surface area (Å²) in [5.74, 6) is -0.353. The number of nitro benzene ring substituents is 1. The van der Waals surface area contributed by atoms with Crippen molar-refractivity contribution in [2.24, 2.45) is 0 Å². The highest BCUT2D eigenvalue weighted by atomic mass is 35.5. The van der Waals surface area contributed by atoms with Crippen LogP contribution in [0.15, 0.2) is 30.4 Å². The van der Waals surface area contributed by atoms with Gasteiger partial charge in [-0.1, -0.05) is 29.8 Å². The van der Waals surface area contributed by atoms with Crippen LogP contribution >= 0.6 is 11.6 Å². The second-order valence-corrected chi connectivity index (χ2v) is 4.31. The average Bonchev–Trinajstić information content (AvgIpc) is 2.38. The zero-order chi connectivity index (χ0) is 13.1. The van der Waals surface area contributed by atoms with Crippen molar-refractivity contribution < 1.29 is 9.72 Å². The number of amides is 1. The minimum Gasteiger partial charge on any atom is -0.334 e. The number of carbonyl (C=O) groups is 1. The highest BCUT2D eigenvalue weighted by Gasteiger charge is 2.27. The number of hydrogen-bond donors (Lipinski definition) is 0. The molecule has 94 valence electrons. The van der Waals surface area contributed by atoms with Gasteiger partial charge in [0.25, 0.3) is 5.91 Å². The largest absolute Gasteiger partial charge is 0.334 e. The van der Waals surface area contributed by atoms with E-state index in [-0.39, 0.29) is 22.2 Å². The van der Waals surface area contributed by atoms with Crippen molar-refractivity contribution in [3.05, 3.63) is 51.1 Å². The van der Waals surface area contributed by atoms with Crippen LogP contribution in [0, 0.1) is 10.1 Å². The van der Waals surface area contributed by atoms with E-state index in [4.69, 9.17) is 11.6 Å². The number of halogens is 1. The molecule has 18 heavy (non-hydrogen) atoms. The summed E-state index contributed by atoms with van der Waals surface area (Å²) >= 11 is 5.78. The van der Waals surface area contributed by atoms with Crippen molar-refractivity contribution in [1.82, 2.24) is 4.90 Å². The molecule has 2 rings (SSSR count). The lowest BCUT2D eigenvalue weighted by molar-refractivity contribution is -0.385. The van der Waals surface area contributed by atoms with Crippen LogP contribution in [0.4, 0.5) is 5.69 Å². The van der Waals surface area contributed by atoms with Crippen molar-refractivity contribution in [1.29, 1.82) is 0 Å². The lowest BCUT2D eigenvalue weighted by Gasteiger charge is -2.23. The summed E-state index contributed by atoms with van der Waals surface area (Å²) in [5.41, 5.74) is -0.276. The van der Waals surface area contributed by atoms with Crippen LogP contribution in [0.1, 0.15) is 16.8 Å². The SMILES string of the molecule is O=C(c1cccc(Cl)c1[N+](=O)[O-])N1CC=CCC1. The minimum absolute atomic E-state index is 0.0154. The highest BCUT2D eigenvalue weighted by Crippen LogP contribution is 2.29. The fourth-order valence-electron chi connectivity index (χ4n) is 1.87. The Hall–Kier alpha value is -1.88. The molecule has 0 saturated carbocycles. The molecule has 1 aliphatic rings. The molecule has 0 saturated heterocycles. The second kappa shape index (κ2) is 5.18. The monoisotopic (exact) mass is 266 g/mol. The first-order valence-corrected chi connectivity index (χ1v) is 5.86. The predicted octanol–water partition coefficient (Wildman–Crippen LogP) is 2.65. The summed E-state index contributed by atoms with van der Waals surface area (Å²) in [4.78, 5) is 24.1. The summed E-state index contributed by atoms with van der Waals surface area (Å²) in [6, 6.07) is 4.39. The maximum Gasteiger partial charge on any atom is 0.300 e. The average molecular weight is 267 g/mol. The van der Waals surface area contributed by atoms with Crippen molar-refractivity contribution in [2.75, 3.05) is 13.1 Å². The van der Waals surface area contributed by atoms with E-state index in [1.165, 1.54) is 12.1 Å².